The van der Waals surface area contributed by atoms with E-state index in [1.54, 1.807) is 6.07 Å². The van der Waals surface area contributed by atoms with Gasteiger partial charge in [-0.05, 0) is 6.07 Å². The minimum absolute atomic E-state index is 0.111. The van der Waals surface area contributed by atoms with Crippen molar-refractivity contribution >= 4 is 17.6 Å². The summed E-state index contributed by atoms with van der Waals surface area (Å²) in [4.78, 5) is 29.8. The first kappa shape index (κ1) is 10.1. The number of hydrogen-bond donors (Lipinski definition) is 1. The van der Waals surface area contributed by atoms with Gasteiger partial charge in [0, 0.05) is 12.4 Å². The fraction of sp³-hybridized carbons (Fsp3) is 0.111. The van der Waals surface area contributed by atoms with Crippen molar-refractivity contribution < 1.29 is 19.4 Å². The highest BCUT2D eigenvalue weighted by Gasteiger charge is 2.22. The van der Waals surface area contributed by atoms with Crippen LogP contribution in [0.5, 0.6) is 0 Å². The molecule has 0 saturated heterocycles. The lowest BCUT2D eigenvalue weighted by Gasteiger charge is -1.94. The van der Waals surface area contributed by atoms with Gasteiger partial charge in [-0.2, -0.15) is 0 Å². The summed E-state index contributed by atoms with van der Waals surface area (Å²) in [6.07, 6.45) is 2.90. The van der Waals surface area contributed by atoms with Crippen LogP contribution in [0, 0.1) is 0 Å². The first-order chi connectivity index (χ1) is 7.65. The number of ether oxygens (including phenoxy) is 1. The molecule has 0 unspecified atom stereocenters. The first-order valence-corrected chi connectivity index (χ1v) is 4.30. The molecule has 7 heteroatoms. The Morgan fingerprint density at radius 3 is 2.88 bits per heavy atom. The van der Waals surface area contributed by atoms with Gasteiger partial charge in [-0.1, -0.05) is 0 Å². The number of aromatic carboxylic acids is 1. The number of imidazole rings is 1. The molecule has 0 spiro atoms. The molecule has 0 bridgehead atoms. The largest absolute Gasteiger partial charge is 0.475 e. The fourth-order valence-corrected chi connectivity index (χ4v) is 1.31. The molecule has 0 aliphatic rings. The first-order valence-electron chi connectivity index (χ1n) is 4.30. The van der Waals surface area contributed by atoms with E-state index in [0.717, 1.165) is 0 Å². The lowest BCUT2D eigenvalue weighted by molar-refractivity contribution is 0.0596. The standard InChI is InChI=1S/C9H7N3O4/c1-16-9(15)5-6-10-3-2-4-12(6)7(11-5)8(13)14/h2-4H,1H3,(H,13,14). The number of carboxylic acid groups (broad SMARTS) is 1. The number of carbonyl (C=O) groups is 2. The van der Waals surface area contributed by atoms with E-state index < -0.39 is 11.9 Å². The quantitative estimate of drug-likeness (QED) is 0.728. The molecule has 0 aliphatic carbocycles. The van der Waals surface area contributed by atoms with E-state index in [1.165, 1.54) is 23.9 Å². The summed E-state index contributed by atoms with van der Waals surface area (Å²) < 4.78 is 5.71. The molecule has 7 nitrogen and oxygen atoms in total. The average Bonchev–Trinajstić information content (AvgIpc) is 2.67. The molecule has 2 aromatic rings. The van der Waals surface area contributed by atoms with Crippen LogP contribution in [-0.2, 0) is 4.74 Å². The zero-order chi connectivity index (χ0) is 11.7. The van der Waals surface area contributed by atoms with E-state index in [2.05, 4.69) is 14.7 Å². The van der Waals surface area contributed by atoms with Gasteiger partial charge in [-0.25, -0.2) is 19.6 Å². The lowest BCUT2D eigenvalue weighted by atomic mass is 10.4. The lowest BCUT2D eigenvalue weighted by Crippen LogP contribution is -2.04. The van der Waals surface area contributed by atoms with Gasteiger partial charge in [0.05, 0.1) is 7.11 Å². The number of methoxy groups -OCH3 is 1. The molecule has 16 heavy (non-hydrogen) atoms. The van der Waals surface area contributed by atoms with Crippen molar-refractivity contribution in [1.29, 1.82) is 0 Å². The van der Waals surface area contributed by atoms with Crippen LogP contribution in [0.3, 0.4) is 0 Å². The molecule has 0 atom stereocenters. The zero-order valence-electron chi connectivity index (χ0n) is 8.25. The molecule has 0 aliphatic heterocycles. The molecular formula is C9H7N3O4. The number of nitrogens with zero attached hydrogens (tertiary/aromatic N) is 3. The number of aromatic nitrogens is 3. The van der Waals surface area contributed by atoms with E-state index in [0.29, 0.717) is 0 Å². The Morgan fingerprint density at radius 2 is 2.25 bits per heavy atom. The van der Waals surface area contributed by atoms with Gasteiger partial charge in [0.2, 0.25) is 5.82 Å². The van der Waals surface area contributed by atoms with Gasteiger partial charge in [-0.15, -0.1) is 0 Å². The van der Waals surface area contributed by atoms with Gasteiger partial charge in [0.25, 0.3) is 0 Å². The maximum Gasteiger partial charge on any atom is 0.372 e. The van der Waals surface area contributed by atoms with Crippen LogP contribution < -0.4 is 0 Å². The minimum atomic E-state index is -1.24. The second kappa shape index (κ2) is 3.61. The molecule has 0 saturated carbocycles. The Labute approximate surface area is 89.3 Å². The molecule has 0 aromatic carbocycles. The third-order valence-electron chi connectivity index (χ3n) is 1.97. The van der Waals surface area contributed by atoms with Crippen molar-refractivity contribution in [1.82, 2.24) is 14.4 Å². The van der Waals surface area contributed by atoms with Crippen LogP contribution in [0.4, 0.5) is 0 Å². The maximum atomic E-state index is 11.3. The van der Waals surface area contributed by atoms with Gasteiger partial charge in [0.15, 0.2) is 11.3 Å². The van der Waals surface area contributed by atoms with Crippen LogP contribution in [0.2, 0.25) is 0 Å². The highest BCUT2D eigenvalue weighted by atomic mass is 16.5. The molecule has 0 fully saturated rings. The molecule has 1 N–H and O–H groups in total. The van der Waals surface area contributed by atoms with E-state index >= 15 is 0 Å². The Balaban J connectivity index is 2.76. The number of fused-ring (bicyclic) bond motifs is 1. The predicted molar refractivity (Wildman–Crippen MR) is 51.3 cm³/mol. The summed E-state index contributed by atoms with van der Waals surface area (Å²) in [5, 5.41) is 8.89. The normalized spacial score (nSPS) is 10.3. The second-order valence-electron chi connectivity index (χ2n) is 2.89. The summed E-state index contributed by atoms with van der Waals surface area (Å²) in [7, 11) is 1.19. The van der Waals surface area contributed by atoms with Gasteiger partial charge < -0.3 is 9.84 Å². The number of carboxylic acids is 1. The number of carbonyl (C=O) groups excluding carboxylic acids is 1. The van der Waals surface area contributed by atoms with E-state index in [1.807, 2.05) is 0 Å². The Morgan fingerprint density at radius 1 is 1.50 bits per heavy atom. The monoisotopic (exact) mass is 221 g/mol. The smallest absolute Gasteiger partial charge is 0.372 e. The molecule has 2 rings (SSSR count). The number of rotatable bonds is 2. The molecule has 2 heterocycles. The predicted octanol–water partition coefficient (Wildman–Crippen LogP) is 0.214. The van der Waals surface area contributed by atoms with Crippen LogP contribution in [-0.4, -0.2) is 38.5 Å². The van der Waals surface area contributed by atoms with Gasteiger partial charge in [0.1, 0.15) is 0 Å². The van der Waals surface area contributed by atoms with Crippen LogP contribution >= 0.6 is 0 Å². The third-order valence-corrected chi connectivity index (χ3v) is 1.97. The average molecular weight is 221 g/mol. The molecule has 82 valence electrons. The number of esters is 1. The summed E-state index contributed by atoms with van der Waals surface area (Å²) in [5.41, 5.74) is 0.0484. The van der Waals surface area contributed by atoms with Crippen LogP contribution in [0.25, 0.3) is 5.65 Å². The van der Waals surface area contributed by atoms with E-state index in [4.69, 9.17) is 5.11 Å². The molecule has 0 amide bonds. The highest BCUT2D eigenvalue weighted by Crippen LogP contribution is 2.11. The van der Waals surface area contributed by atoms with Crippen molar-refractivity contribution in [3.63, 3.8) is 0 Å². The van der Waals surface area contributed by atoms with E-state index in [-0.39, 0.29) is 17.2 Å². The van der Waals surface area contributed by atoms with E-state index in [9.17, 15) is 9.59 Å². The maximum absolute atomic E-state index is 11.3. The summed E-state index contributed by atoms with van der Waals surface area (Å²) in [5.74, 6) is -2.23. The Bertz CT molecular complexity index is 575. The molecule has 2 aromatic heterocycles. The van der Waals surface area contributed by atoms with Crippen LogP contribution in [0.1, 0.15) is 21.1 Å². The van der Waals surface area contributed by atoms with Crippen molar-refractivity contribution in [3.05, 3.63) is 30.0 Å². The summed E-state index contributed by atoms with van der Waals surface area (Å²) in [6.45, 7) is 0. The highest BCUT2D eigenvalue weighted by molar-refractivity contribution is 5.96. The Kier molecular flexibility index (Phi) is 2.28. The summed E-state index contributed by atoms with van der Waals surface area (Å²) >= 11 is 0. The van der Waals surface area contributed by atoms with Gasteiger partial charge >= 0.3 is 11.9 Å². The molecular weight excluding hydrogens is 214 g/mol. The van der Waals surface area contributed by atoms with Crippen molar-refractivity contribution in [2.75, 3.05) is 7.11 Å². The minimum Gasteiger partial charge on any atom is -0.475 e. The SMILES string of the molecule is COC(=O)c1nc(C(=O)O)n2cccnc12. The van der Waals surface area contributed by atoms with Crippen LogP contribution in [0.15, 0.2) is 18.5 Å². The number of hydrogen-bond acceptors (Lipinski definition) is 5. The van der Waals surface area contributed by atoms with Crippen molar-refractivity contribution in [3.8, 4) is 0 Å². The Hall–Kier alpha value is -2.44. The fourth-order valence-electron chi connectivity index (χ4n) is 1.31. The zero-order valence-corrected chi connectivity index (χ0v) is 8.25. The van der Waals surface area contributed by atoms with Gasteiger partial charge in [-0.3, -0.25) is 4.40 Å². The second-order valence-corrected chi connectivity index (χ2v) is 2.89. The third kappa shape index (κ3) is 1.38. The van der Waals surface area contributed by atoms with Crippen molar-refractivity contribution in [2.24, 2.45) is 0 Å². The van der Waals surface area contributed by atoms with Crippen molar-refractivity contribution in [2.45, 2.75) is 0 Å². The topological polar surface area (TPSA) is 93.8 Å². The summed E-state index contributed by atoms with van der Waals surface area (Å²) in [6, 6.07) is 1.54. The molecule has 0 radical (unpaired) electrons.